The van der Waals surface area contributed by atoms with E-state index in [4.69, 9.17) is 39.4 Å². The Morgan fingerprint density at radius 1 is 1.21 bits per heavy atom. The van der Waals surface area contributed by atoms with Crippen molar-refractivity contribution in [2.45, 2.75) is 44.1 Å². The first-order valence-corrected chi connectivity index (χ1v) is 14.5. The van der Waals surface area contributed by atoms with Crippen LogP contribution in [0.15, 0.2) is 46.6 Å². The fourth-order valence-corrected chi connectivity index (χ4v) is 6.22. The average Bonchev–Trinajstić information content (AvgIpc) is 3.67. The summed E-state index contributed by atoms with van der Waals surface area (Å²) in [5.41, 5.74) is 14.8. The molecule has 5 N–H and O–H groups in total. The second-order valence-corrected chi connectivity index (χ2v) is 11.9. The van der Waals surface area contributed by atoms with E-state index >= 15 is 0 Å². The summed E-state index contributed by atoms with van der Waals surface area (Å²) >= 11 is 13.0. The number of benzene rings is 2. The molecule has 2 aromatic rings. The van der Waals surface area contributed by atoms with Crippen LogP contribution in [0.2, 0.25) is 10.0 Å². The molecule has 0 bridgehead atoms. The zero-order valence-electron chi connectivity index (χ0n) is 23.3. The topological polar surface area (TPSA) is 140 Å². The molecule has 3 aliphatic rings. The Morgan fingerprint density at radius 3 is 2.57 bits per heavy atom. The molecule has 9 nitrogen and oxygen atoms in total. The number of primary amides is 1. The molecule has 42 heavy (non-hydrogen) atoms. The first-order chi connectivity index (χ1) is 19.9. The monoisotopic (exact) mass is 615 g/mol. The van der Waals surface area contributed by atoms with Crippen LogP contribution in [0, 0.1) is 11.7 Å². The standard InChI is InChI=1S/C30H32Cl2FN5O4/c1-15-26(34)21(27(36-2)17-8-18(10-19(31)9-17)30(4-5-30)29(35)41)3-6-38(15)28(40)22-11-20(33)12-23(25(22)32)42-14-16-7-24(39)37-13-16/h8-12,15-16H,3-7,13-14,34H2,1-2H3,(H2,35,41)(H,37,39). The molecule has 2 heterocycles. The van der Waals surface area contributed by atoms with E-state index in [2.05, 4.69) is 10.3 Å². The third-order valence-corrected chi connectivity index (χ3v) is 8.96. The number of hydrogen-bond donors (Lipinski definition) is 3. The second kappa shape index (κ2) is 11.6. The lowest BCUT2D eigenvalue weighted by Crippen LogP contribution is -2.46. The summed E-state index contributed by atoms with van der Waals surface area (Å²) in [6, 6.07) is 7.04. The zero-order chi connectivity index (χ0) is 30.3. The van der Waals surface area contributed by atoms with Crippen molar-refractivity contribution in [2.75, 3.05) is 26.7 Å². The second-order valence-electron chi connectivity index (χ2n) is 11.1. The van der Waals surface area contributed by atoms with Crippen molar-refractivity contribution in [3.63, 3.8) is 0 Å². The quantitative estimate of drug-likeness (QED) is 0.388. The van der Waals surface area contributed by atoms with Gasteiger partial charge in [-0.25, -0.2) is 4.39 Å². The van der Waals surface area contributed by atoms with E-state index < -0.39 is 23.2 Å². The molecule has 1 aliphatic carbocycles. The number of rotatable bonds is 8. The largest absolute Gasteiger partial charge is 0.492 e. The first kappa shape index (κ1) is 29.8. The highest BCUT2D eigenvalue weighted by Gasteiger charge is 2.50. The van der Waals surface area contributed by atoms with Gasteiger partial charge >= 0.3 is 0 Å². The number of amides is 3. The number of nitrogens with two attached hydrogens (primary N) is 2. The number of carbonyl (C=O) groups excluding carboxylic acids is 3. The number of ether oxygens (including phenoxy) is 1. The normalized spacial score (nSPS) is 21.8. The molecule has 12 heteroatoms. The Labute approximate surface area is 253 Å². The van der Waals surface area contributed by atoms with E-state index in [1.807, 2.05) is 6.07 Å². The Kier molecular flexibility index (Phi) is 8.22. The van der Waals surface area contributed by atoms with Gasteiger partial charge in [0.25, 0.3) is 5.91 Å². The molecule has 2 unspecified atom stereocenters. The van der Waals surface area contributed by atoms with Crippen molar-refractivity contribution in [3.8, 4) is 5.75 Å². The zero-order valence-corrected chi connectivity index (χ0v) is 24.8. The predicted molar refractivity (Wildman–Crippen MR) is 158 cm³/mol. The number of nitrogens with zero attached hydrogens (tertiary/aromatic N) is 2. The summed E-state index contributed by atoms with van der Waals surface area (Å²) in [4.78, 5) is 43.3. The van der Waals surface area contributed by atoms with Gasteiger partial charge in [-0.05, 0) is 56.0 Å². The van der Waals surface area contributed by atoms with E-state index in [1.165, 1.54) is 4.90 Å². The highest BCUT2D eigenvalue weighted by Crippen LogP contribution is 2.49. The molecular formula is C30H32Cl2FN5O4. The lowest BCUT2D eigenvalue weighted by molar-refractivity contribution is -0.120. The first-order valence-electron chi connectivity index (χ1n) is 13.7. The minimum Gasteiger partial charge on any atom is -0.492 e. The molecule has 0 radical (unpaired) electrons. The van der Waals surface area contributed by atoms with Crippen molar-refractivity contribution < 1.29 is 23.5 Å². The van der Waals surface area contributed by atoms with E-state index in [-0.39, 0.29) is 47.2 Å². The third-order valence-electron chi connectivity index (χ3n) is 8.36. The summed E-state index contributed by atoms with van der Waals surface area (Å²) in [7, 11) is 1.64. The molecule has 0 aromatic heterocycles. The van der Waals surface area contributed by atoms with Gasteiger partial charge in [0.2, 0.25) is 11.8 Å². The molecule has 1 saturated carbocycles. The molecule has 2 aliphatic heterocycles. The molecule has 5 rings (SSSR count). The molecule has 0 spiro atoms. The summed E-state index contributed by atoms with van der Waals surface area (Å²) < 4.78 is 20.3. The van der Waals surface area contributed by atoms with Crippen molar-refractivity contribution in [2.24, 2.45) is 22.4 Å². The van der Waals surface area contributed by atoms with Crippen LogP contribution in [0.5, 0.6) is 5.75 Å². The van der Waals surface area contributed by atoms with Crippen LogP contribution in [0.4, 0.5) is 4.39 Å². The van der Waals surface area contributed by atoms with Crippen molar-refractivity contribution in [3.05, 3.63) is 74.2 Å². The molecule has 2 atom stereocenters. The van der Waals surface area contributed by atoms with E-state index in [1.54, 1.807) is 26.1 Å². The molecule has 1 saturated heterocycles. The Hall–Kier alpha value is -3.63. The van der Waals surface area contributed by atoms with Crippen molar-refractivity contribution in [1.29, 1.82) is 0 Å². The van der Waals surface area contributed by atoms with Crippen molar-refractivity contribution >= 4 is 46.6 Å². The number of nitrogens with one attached hydrogen (secondary N) is 1. The lowest BCUT2D eigenvalue weighted by atomic mass is 9.88. The van der Waals surface area contributed by atoms with Gasteiger partial charge in [-0.15, -0.1) is 0 Å². The third kappa shape index (κ3) is 5.57. The fourth-order valence-electron chi connectivity index (χ4n) is 5.74. The molecular weight excluding hydrogens is 584 g/mol. The lowest BCUT2D eigenvalue weighted by Gasteiger charge is -2.36. The van der Waals surface area contributed by atoms with Gasteiger partial charge < -0.3 is 26.4 Å². The van der Waals surface area contributed by atoms with Crippen LogP contribution < -0.4 is 21.5 Å². The highest BCUT2D eigenvalue weighted by atomic mass is 35.5. The van der Waals surface area contributed by atoms with Gasteiger partial charge in [0, 0.05) is 60.4 Å². The number of carbonyl (C=O) groups is 3. The summed E-state index contributed by atoms with van der Waals surface area (Å²) in [6.07, 6.45) is 2.00. The van der Waals surface area contributed by atoms with Crippen LogP contribution in [0.25, 0.3) is 0 Å². The van der Waals surface area contributed by atoms with Gasteiger partial charge in [-0.3, -0.25) is 19.4 Å². The highest BCUT2D eigenvalue weighted by molar-refractivity contribution is 6.35. The van der Waals surface area contributed by atoms with Crippen LogP contribution in [0.3, 0.4) is 0 Å². The van der Waals surface area contributed by atoms with Crippen molar-refractivity contribution in [1.82, 2.24) is 10.2 Å². The van der Waals surface area contributed by atoms with Gasteiger partial charge in [0.05, 0.1) is 34.4 Å². The molecule has 222 valence electrons. The van der Waals surface area contributed by atoms with E-state index in [0.717, 1.165) is 23.3 Å². The minimum absolute atomic E-state index is 0.00930. The maximum Gasteiger partial charge on any atom is 0.256 e. The number of halogens is 3. The SMILES string of the molecule is CN=C(C1=C(N)C(C)N(C(=O)c2cc(F)cc(OCC3CNC(=O)C3)c2Cl)CC1)c1cc(Cl)cc(C2(C(N)=O)CC2)c1. The molecule has 2 aromatic carbocycles. The van der Waals surface area contributed by atoms with Gasteiger partial charge in [0.15, 0.2) is 0 Å². The van der Waals surface area contributed by atoms with Gasteiger partial charge in [-0.2, -0.15) is 0 Å². The average molecular weight is 617 g/mol. The molecule has 3 amide bonds. The predicted octanol–water partition coefficient (Wildman–Crippen LogP) is 3.73. The summed E-state index contributed by atoms with van der Waals surface area (Å²) in [5.74, 6) is -1.66. The number of aliphatic imine (C=N–C) groups is 1. The maximum atomic E-state index is 14.6. The summed E-state index contributed by atoms with van der Waals surface area (Å²) in [6.45, 7) is 2.67. The Balaban J connectivity index is 1.39. The van der Waals surface area contributed by atoms with E-state index in [0.29, 0.717) is 54.2 Å². The Morgan fingerprint density at radius 2 is 1.95 bits per heavy atom. The fraction of sp³-hybridized carbons (Fsp3) is 0.400. The van der Waals surface area contributed by atoms with Crippen LogP contribution >= 0.6 is 23.2 Å². The van der Waals surface area contributed by atoms with Gasteiger partial charge in [-0.1, -0.05) is 23.2 Å². The Bertz CT molecular complexity index is 1540. The smallest absolute Gasteiger partial charge is 0.256 e. The van der Waals surface area contributed by atoms with Crippen LogP contribution in [-0.4, -0.2) is 61.1 Å². The van der Waals surface area contributed by atoms with Gasteiger partial charge in [0.1, 0.15) is 11.6 Å². The van der Waals surface area contributed by atoms with Crippen LogP contribution in [0.1, 0.15) is 54.1 Å². The minimum atomic E-state index is -0.723. The maximum absolute atomic E-state index is 14.6. The van der Waals surface area contributed by atoms with Crippen LogP contribution in [-0.2, 0) is 15.0 Å². The summed E-state index contributed by atoms with van der Waals surface area (Å²) in [5, 5.41) is 3.16. The number of hydrogen-bond acceptors (Lipinski definition) is 6. The van der Waals surface area contributed by atoms with E-state index in [9.17, 15) is 18.8 Å². The molecule has 2 fully saturated rings.